The van der Waals surface area contributed by atoms with Gasteiger partial charge in [0.05, 0.1) is 0 Å². The van der Waals surface area contributed by atoms with Crippen LogP contribution >= 0.6 is 11.3 Å². The molecule has 0 atom stereocenters. The maximum absolute atomic E-state index is 6.49. The van der Waals surface area contributed by atoms with E-state index >= 15 is 0 Å². The minimum absolute atomic E-state index is 0.930. The molecule has 11 aromatic rings. The van der Waals surface area contributed by atoms with Gasteiger partial charge < -0.3 is 4.42 Å². The molecule has 2 aromatic heterocycles. The van der Waals surface area contributed by atoms with Crippen LogP contribution in [0.4, 0.5) is 0 Å². The van der Waals surface area contributed by atoms with E-state index in [2.05, 4.69) is 183 Å². The first-order valence-electron chi connectivity index (χ1n) is 18.8. The molecule has 0 N–H and O–H groups in total. The molecule has 11 rings (SSSR count). The molecule has 2 heterocycles. The monoisotopic (exact) mass is 718 g/mol. The Morgan fingerprint density at radius 1 is 0.418 bits per heavy atom. The second-order valence-electron chi connectivity index (χ2n) is 14.4. The van der Waals surface area contributed by atoms with Crippen LogP contribution in [0.5, 0.6) is 0 Å². The van der Waals surface area contributed by atoms with E-state index in [-0.39, 0.29) is 0 Å². The van der Waals surface area contributed by atoms with Crippen LogP contribution in [-0.2, 0) is 0 Å². The van der Waals surface area contributed by atoms with Crippen LogP contribution in [0, 0.1) is 6.92 Å². The van der Waals surface area contributed by atoms with Crippen molar-refractivity contribution in [3.8, 4) is 44.5 Å². The summed E-state index contributed by atoms with van der Waals surface area (Å²) in [5.74, 6) is 0.930. The number of fused-ring (bicyclic) bond motifs is 7. The van der Waals surface area contributed by atoms with Crippen LogP contribution in [0.2, 0.25) is 0 Å². The van der Waals surface area contributed by atoms with E-state index in [1.54, 1.807) is 11.3 Å². The van der Waals surface area contributed by atoms with Gasteiger partial charge in [0.25, 0.3) is 0 Å². The quantitative estimate of drug-likeness (QED) is 0.162. The summed E-state index contributed by atoms with van der Waals surface area (Å²) in [5.41, 5.74) is 10.7. The number of hydrogen-bond acceptors (Lipinski definition) is 2. The molecule has 0 aliphatic carbocycles. The molecule has 0 bridgehead atoms. The summed E-state index contributed by atoms with van der Waals surface area (Å²) < 4.78 is 7.73. The van der Waals surface area contributed by atoms with E-state index in [9.17, 15) is 0 Å². The highest BCUT2D eigenvalue weighted by atomic mass is 32.1. The van der Waals surface area contributed by atoms with Gasteiger partial charge in [0.2, 0.25) is 0 Å². The number of aryl methyl sites for hydroxylation is 1. The van der Waals surface area contributed by atoms with Crippen molar-refractivity contribution in [2.75, 3.05) is 0 Å². The van der Waals surface area contributed by atoms with E-state index in [4.69, 9.17) is 4.42 Å². The van der Waals surface area contributed by atoms with Gasteiger partial charge in [-0.2, -0.15) is 0 Å². The molecule has 0 saturated heterocycles. The van der Waals surface area contributed by atoms with Gasteiger partial charge in [0, 0.05) is 36.9 Å². The molecular formula is C53H34OS. The van der Waals surface area contributed by atoms with Gasteiger partial charge in [-0.05, 0) is 96.2 Å². The first-order chi connectivity index (χ1) is 27.1. The van der Waals surface area contributed by atoms with Crippen molar-refractivity contribution in [2.45, 2.75) is 6.92 Å². The first-order valence-corrected chi connectivity index (χ1v) is 19.6. The Kier molecular flexibility index (Phi) is 7.17. The molecule has 0 amide bonds. The third-order valence-electron chi connectivity index (χ3n) is 11.4. The van der Waals surface area contributed by atoms with Crippen LogP contribution in [-0.4, -0.2) is 0 Å². The number of hydrogen-bond donors (Lipinski definition) is 0. The van der Waals surface area contributed by atoms with Crippen molar-refractivity contribution in [1.29, 1.82) is 0 Å². The maximum atomic E-state index is 6.49. The fourth-order valence-corrected chi connectivity index (χ4v) is 9.98. The lowest BCUT2D eigenvalue weighted by atomic mass is 9.85. The normalized spacial score (nSPS) is 11.8. The van der Waals surface area contributed by atoms with Gasteiger partial charge in [-0.3, -0.25) is 0 Å². The van der Waals surface area contributed by atoms with Crippen LogP contribution in [0.25, 0.3) is 115 Å². The van der Waals surface area contributed by atoms with E-state index in [0.717, 1.165) is 32.6 Å². The summed E-state index contributed by atoms with van der Waals surface area (Å²) in [4.78, 5) is 1.16. The Bertz CT molecular complexity index is 3280. The Morgan fingerprint density at radius 3 is 1.64 bits per heavy atom. The second kappa shape index (κ2) is 12.4. The fourth-order valence-electron chi connectivity index (χ4n) is 8.88. The molecule has 0 unspecified atom stereocenters. The largest absolute Gasteiger partial charge is 0.460 e. The van der Waals surface area contributed by atoms with Crippen molar-refractivity contribution in [2.24, 2.45) is 0 Å². The molecule has 0 fully saturated rings. The molecule has 0 aliphatic heterocycles. The Labute approximate surface area is 323 Å². The average Bonchev–Trinajstić information content (AvgIpc) is 3.78. The zero-order valence-corrected chi connectivity index (χ0v) is 31.1. The summed E-state index contributed by atoms with van der Waals surface area (Å²) in [6, 6.07) is 62.1. The van der Waals surface area contributed by atoms with E-state index in [1.807, 2.05) is 6.08 Å². The zero-order valence-electron chi connectivity index (χ0n) is 30.3. The fraction of sp³-hybridized carbons (Fsp3) is 0.0189. The maximum Gasteiger partial charge on any atom is 0.142 e. The van der Waals surface area contributed by atoms with Crippen LogP contribution in [0.1, 0.15) is 10.6 Å². The predicted octanol–water partition coefficient (Wildman–Crippen LogP) is 15.9. The van der Waals surface area contributed by atoms with Gasteiger partial charge in [-0.15, -0.1) is 11.3 Å². The molecule has 258 valence electrons. The highest BCUT2D eigenvalue weighted by Gasteiger charge is 2.22. The minimum Gasteiger partial charge on any atom is -0.460 e. The molecule has 0 radical (unpaired) electrons. The smallest absolute Gasteiger partial charge is 0.142 e. The molecule has 0 spiro atoms. The van der Waals surface area contributed by atoms with Gasteiger partial charge in [-0.25, -0.2) is 0 Å². The lowest BCUT2D eigenvalue weighted by Gasteiger charge is -2.18. The third kappa shape index (κ3) is 4.92. The Hall–Kier alpha value is -6.74. The standard InChI is InChI=1S/C53H34OS/c1-3-47-52(49-32(2)54-53-40-15-7-6-13-35(40)26-29-46(49)53)45-28-27-38(31-48(45)55-47)34-20-23-36(24-21-34)50-41-16-8-10-18-43(41)51(44-19-11-9-17-42(44)50)39-25-22-33-12-4-5-14-37(33)30-39/h3-31H,1H2,2H3. The Balaban J connectivity index is 1.02. The summed E-state index contributed by atoms with van der Waals surface area (Å²) in [5, 5.41) is 12.3. The predicted molar refractivity (Wildman–Crippen MR) is 238 cm³/mol. The molecule has 1 nitrogen and oxygen atoms in total. The lowest BCUT2D eigenvalue weighted by Crippen LogP contribution is -1.91. The van der Waals surface area contributed by atoms with Gasteiger partial charge in [0.15, 0.2) is 0 Å². The highest BCUT2D eigenvalue weighted by Crippen LogP contribution is 2.48. The molecule has 0 saturated carbocycles. The first kappa shape index (κ1) is 31.8. The average molecular weight is 719 g/mol. The summed E-state index contributed by atoms with van der Waals surface area (Å²) >= 11 is 1.79. The van der Waals surface area contributed by atoms with Crippen LogP contribution in [0.15, 0.2) is 181 Å². The number of furan rings is 1. The van der Waals surface area contributed by atoms with Crippen LogP contribution < -0.4 is 0 Å². The van der Waals surface area contributed by atoms with Gasteiger partial charge in [-0.1, -0.05) is 164 Å². The number of rotatable bonds is 5. The topological polar surface area (TPSA) is 13.1 Å². The van der Waals surface area contributed by atoms with Crippen molar-refractivity contribution in [3.63, 3.8) is 0 Å². The van der Waals surface area contributed by atoms with Crippen LogP contribution in [0.3, 0.4) is 0 Å². The lowest BCUT2D eigenvalue weighted by molar-refractivity contribution is 0.583. The van der Waals surface area contributed by atoms with Gasteiger partial charge >= 0.3 is 0 Å². The number of benzene rings is 9. The zero-order chi connectivity index (χ0) is 36.6. The van der Waals surface area contributed by atoms with E-state index in [0.29, 0.717) is 0 Å². The Morgan fingerprint density at radius 2 is 0.945 bits per heavy atom. The second-order valence-corrected chi connectivity index (χ2v) is 15.5. The molecule has 9 aromatic carbocycles. The SMILES string of the molecule is C=Cc1sc2cc(-c3ccc(-c4c5ccccc5c(-c5ccc6ccccc6c5)c5ccccc45)cc3)ccc2c1-c1c(C)oc2c1ccc1ccccc12. The van der Waals surface area contributed by atoms with Crippen molar-refractivity contribution in [3.05, 3.63) is 187 Å². The minimum atomic E-state index is 0.930. The molecular weight excluding hydrogens is 685 g/mol. The summed E-state index contributed by atoms with van der Waals surface area (Å²) in [6.07, 6.45) is 1.99. The van der Waals surface area contributed by atoms with E-state index in [1.165, 1.54) is 86.7 Å². The molecule has 55 heavy (non-hydrogen) atoms. The summed E-state index contributed by atoms with van der Waals surface area (Å²) in [7, 11) is 0. The van der Waals surface area contributed by atoms with Crippen molar-refractivity contribution in [1.82, 2.24) is 0 Å². The van der Waals surface area contributed by atoms with Crippen molar-refractivity contribution < 1.29 is 4.42 Å². The third-order valence-corrected chi connectivity index (χ3v) is 12.5. The van der Waals surface area contributed by atoms with Gasteiger partial charge in [0.1, 0.15) is 11.3 Å². The summed E-state index contributed by atoms with van der Waals surface area (Å²) in [6.45, 7) is 6.32. The van der Waals surface area contributed by atoms with E-state index < -0.39 is 0 Å². The molecule has 2 heteroatoms. The number of thiophene rings is 1. The van der Waals surface area contributed by atoms with Crippen molar-refractivity contribution >= 4 is 81.6 Å². The molecule has 0 aliphatic rings. The highest BCUT2D eigenvalue weighted by molar-refractivity contribution is 7.20.